The van der Waals surface area contributed by atoms with Crippen LogP contribution in [0, 0.1) is 6.92 Å². The molecular formula is C15H25N3O2. The van der Waals surface area contributed by atoms with Crippen LogP contribution in [0.15, 0.2) is 4.52 Å². The fourth-order valence-corrected chi connectivity index (χ4v) is 2.70. The number of carbonyl (C=O) groups is 1. The van der Waals surface area contributed by atoms with Gasteiger partial charge in [-0.2, -0.15) is 0 Å². The van der Waals surface area contributed by atoms with Crippen LogP contribution >= 0.6 is 0 Å². The van der Waals surface area contributed by atoms with Gasteiger partial charge in [0.1, 0.15) is 5.56 Å². The Labute approximate surface area is 120 Å². The topological polar surface area (TPSA) is 58.4 Å². The van der Waals surface area contributed by atoms with E-state index in [4.69, 9.17) is 4.52 Å². The first-order valence-electron chi connectivity index (χ1n) is 7.49. The highest BCUT2D eigenvalue weighted by atomic mass is 16.5. The Bertz CT molecular complexity index is 462. The lowest BCUT2D eigenvalue weighted by Gasteiger charge is -2.23. The Morgan fingerprint density at radius 3 is 2.60 bits per heavy atom. The number of likely N-dealkylation sites (tertiary alicyclic amines) is 1. The Morgan fingerprint density at radius 2 is 2.00 bits per heavy atom. The quantitative estimate of drug-likeness (QED) is 0.898. The summed E-state index contributed by atoms with van der Waals surface area (Å²) in [7, 11) is 0. The van der Waals surface area contributed by atoms with Gasteiger partial charge in [0.2, 0.25) is 0 Å². The SMILES string of the molecule is Cc1noc(C(C)C)c1C(=O)NCC(C)N1CCCC1. The number of hydrogen-bond acceptors (Lipinski definition) is 4. The van der Waals surface area contributed by atoms with Crippen molar-refractivity contribution >= 4 is 5.91 Å². The van der Waals surface area contributed by atoms with Crippen LogP contribution in [0.1, 0.15) is 61.3 Å². The van der Waals surface area contributed by atoms with E-state index in [9.17, 15) is 4.79 Å². The molecule has 1 unspecified atom stereocenters. The molecule has 1 aliphatic rings. The lowest BCUT2D eigenvalue weighted by molar-refractivity contribution is 0.0937. The van der Waals surface area contributed by atoms with Crippen molar-refractivity contribution in [2.24, 2.45) is 0 Å². The molecule has 1 amide bonds. The molecule has 1 atom stereocenters. The minimum absolute atomic E-state index is 0.0708. The van der Waals surface area contributed by atoms with Crippen LogP contribution < -0.4 is 5.32 Å². The lowest BCUT2D eigenvalue weighted by Crippen LogP contribution is -2.40. The molecule has 0 radical (unpaired) electrons. The largest absolute Gasteiger partial charge is 0.360 e. The maximum atomic E-state index is 12.3. The third kappa shape index (κ3) is 3.20. The molecule has 112 valence electrons. The molecule has 1 aromatic heterocycles. The van der Waals surface area contributed by atoms with Gasteiger partial charge < -0.3 is 9.84 Å². The first-order chi connectivity index (χ1) is 9.50. The second kappa shape index (κ2) is 6.39. The molecule has 1 fully saturated rings. The smallest absolute Gasteiger partial charge is 0.256 e. The lowest BCUT2D eigenvalue weighted by atomic mass is 10.0. The average Bonchev–Trinajstić information content (AvgIpc) is 3.04. The molecular weight excluding hydrogens is 254 g/mol. The second-order valence-electron chi connectivity index (χ2n) is 5.96. The van der Waals surface area contributed by atoms with Crippen LogP contribution in [-0.4, -0.2) is 41.6 Å². The molecule has 2 rings (SSSR count). The van der Waals surface area contributed by atoms with Gasteiger partial charge in [0, 0.05) is 18.5 Å². The number of aromatic nitrogens is 1. The average molecular weight is 279 g/mol. The molecule has 0 spiro atoms. The number of carbonyl (C=O) groups excluding carboxylic acids is 1. The summed E-state index contributed by atoms with van der Waals surface area (Å²) >= 11 is 0. The summed E-state index contributed by atoms with van der Waals surface area (Å²) in [5, 5.41) is 6.93. The number of rotatable bonds is 5. The van der Waals surface area contributed by atoms with Gasteiger partial charge in [-0.25, -0.2) is 0 Å². The van der Waals surface area contributed by atoms with Crippen LogP contribution in [0.4, 0.5) is 0 Å². The standard InChI is InChI=1S/C15H25N3O2/c1-10(2)14-13(12(4)17-20-14)15(19)16-9-11(3)18-7-5-6-8-18/h10-11H,5-9H2,1-4H3,(H,16,19). The van der Waals surface area contributed by atoms with Gasteiger partial charge in [0.05, 0.1) is 5.69 Å². The maximum absolute atomic E-state index is 12.3. The summed E-state index contributed by atoms with van der Waals surface area (Å²) in [6.45, 7) is 10.9. The molecule has 1 aromatic rings. The van der Waals surface area contributed by atoms with E-state index in [0.29, 0.717) is 29.6 Å². The first-order valence-corrected chi connectivity index (χ1v) is 7.49. The van der Waals surface area contributed by atoms with Gasteiger partial charge in [-0.05, 0) is 39.8 Å². The molecule has 5 heteroatoms. The van der Waals surface area contributed by atoms with Gasteiger partial charge in [-0.15, -0.1) is 0 Å². The zero-order valence-corrected chi connectivity index (χ0v) is 12.9. The van der Waals surface area contributed by atoms with Gasteiger partial charge >= 0.3 is 0 Å². The zero-order valence-electron chi connectivity index (χ0n) is 12.9. The van der Waals surface area contributed by atoms with Crippen LogP contribution in [0.2, 0.25) is 0 Å². The molecule has 1 aliphatic heterocycles. The third-order valence-corrected chi connectivity index (χ3v) is 3.96. The highest BCUT2D eigenvalue weighted by molar-refractivity contribution is 5.96. The van der Waals surface area contributed by atoms with Crippen molar-refractivity contribution in [2.45, 2.75) is 52.5 Å². The summed E-state index contributed by atoms with van der Waals surface area (Å²) in [5.41, 5.74) is 1.27. The zero-order chi connectivity index (χ0) is 14.7. The number of aryl methyl sites for hydroxylation is 1. The summed E-state index contributed by atoms with van der Waals surface area (Å²) in [6, 6.07) is 0.379. The summed E-state index contributed by atoms with van der Waals surface area (Å²) in [6.07, 6.45) is 2.53. The Kier molecular flexibility index (Phi) is 4.81. The van der Waals surface area contributed by atoms with E-state index in [-0.39, 0.29) is 11.8 Å². The number of amides is 1. The molecule has 20 heavy (non-hydrogen) atoms. The van der Waals surface area contributed by atoms with E-state index in [1.807, 2.05) is 20.8 Å². The van der Waals surface area contributed by atoms with Crippen LogP contribution in [0.25, 0.3) is 0 Å². The van der Waals surface area contributed by atoms with Crippen molar-refractivity contribution in [1.29, 1.82) is 0 Å². The van der Waals surface area contributed by atoms with E-state index in [2.05, 4.69) is 22.3 Å². The van der Waals surface area contributed by atoms with E-state index in [1.54, 1.807) is 0 Å². The summed E-state index contributed by atoms with van der Waals surface area (Å²) in [5.74, 6) is 0.764. The normalized spacial score (nSPS) is 17.6. The molecule has 5 nitrogen and oxygen atoms in total. The van der Waals surface area contributed by atoms with E-state index in [0.717, 1.165) is 13.1 Å². The molecule has 2 heterocycles. The van der Waals surface area contributed by atoms with Gasteiger partial charge in [-0.1, -0.05) is 19.0 Å². The fraction of sp³-hybridized carbons (Fsp3) is 0.733. The summed E-state index contributed by atoms with van der Waals surface area (Å²) in [4.78, 5) is 14.8. The van der Waals surface area contributed by atoms with Crippen molar-refractivity contribution in [3.8, 4) is 0 Å². The Morgan fingerprint density at radius 1 is 1.35 bits per heavy atom. The van der Waals surface area contributed by atoms with Crippen molar-refractivity contribution in [1.82, 2.24) is 15.4 Å². The Balaban J connectivity index is 1.96. The first kappa shape index (κ1) is 15.0. The number of nitrogens with zero attached hydrogens (tertiary/aromatic N) is 2. The molecule has 1 N–H and O–H groups in total. The van der Waals surface area contributed by atoms with E-state index in [1.165, 1.54) is 12.8 Å². The second-order valence-corrected chi connectivity index (χ2v) is 5.96. The predicted molar refractivity (Wildman–Crippen MR) is 77.9 cm³/mol. The summed E-state index contributed by atoms with van der Waals surface area (Å²) < 4.78 is 5.26. The van der Waals surface area contributed by atoms with Crippen LogP contribution in [-0.2, 0) is 0 Å². The predicted octanol–water partition coefficient (Wildman–Crippen LogP) is 2.32. The van der Waals surface area contributed by atoms with E-state index < -0.39 is 0 Å². The van der Waals surface area contributed by atoms with Crippen molar-refractivity contribution in [2.75, 3.05) is 19.6 Å². The van der Waals surface area contributed by atoms with Gasteiger partial charge in [-0.3, -0.25) is 9.69 Å². The Hall–Kier alpha value is -1.36. The van der Waals surface area contributed by atoms with Crippen molar-refractivity contribution < 1.29 is 9.32 Å². The van der Waals surface area contributed by atoms with E-state index >= 15 is 0 Å². The molecule has 0 bridgehead atoms. The minimum atomic E-state index is -0.0708. The van der Waals surface area contributed by atoms with Crippen LogP contribution in [0.5, 0.6) is 0 Å². The fourth-order valence-electron chi connectivity index (χ4n) is 2.70. The van der Waals surface area contributed by atoms with Crippen LogP contribution in [0.3, 0.4) is 0 Å². The number of hydrogen-bond donors (Lipinski definition) is 1. The molecule has 0 aromatic carbocycles. The minimum Gasteiger partial charge on any atom is -0.360 e. The van der Waals surface area contributed by atoms with Gasteiger partial charge in [0.25, 0.3) is 5.91 Å². The molecule has 0 saturated carbocycles. The van der Waals surface area contributed by atoms with Crippen molar-refractivity contribution in [3.63, 3.8) is 0 Å². The molecule has 0 aliphatic carbocycles. The monoisotopic (exact) mass is 279 g/mol. The number of nitrogens with one attached hydrogen (secondary N) is 1. The highest BCUT2D eigenvalue weighted by Crippen LogP contribution is 2.22. The molecule has 1 saturated heterocycles. The van der Waals surface area contributed by atoms with Crippen molar-refractivity contribution in [3.05, 3.63) is 17.0 Å². The third-order valence-electron chi connectivity index (χ3n) is 3.96. The van der Waals surface area contributed by atoms with Gasteiger partial charge in [0.15, 0.2) is 5.76 Å². The maximum Gasteiger partial charge on any atom is 0.256 e. The highest BCUT2D eigenvalue weighted by Gasteiger charge is 2.24.